The second kappa shape index (κ2) is 5.31. The van der Waals surface area contributed by atoms with Crippen LogP contribution < -0.4 is 5.73 Å². The molecule has 3 nitrogen and oxygen atoms in total. The zero-order valence-corrected chi connectivity index (χ0v) is 11.1. The number of aromatic nitrogens is 1. The third-order valence-corrected chi connectivity index (χ3v) is 3.41. The molecule has 0 saturated heterocycles. The monoisotopic (exact) mass is 264 g/mol. The minimum Gasteiger partial charge on any atom is -0.356 e. The number of hydrogen-bond acceptors (Lipinski definition) is 3. The maximum Gasteiger partial charge on any atom is 0.167 e. The molecule has 1 atom stereocenters. The summed E-state index contributed by atoms with van der Waals surface area (Å²) in [6.07, 6.45) is 0.653. The van der Waals surface area contributed by atoms with Crippen LogP contribution in [0.1, 0.15) is 23.7 Å². The molecular weight excluding hydrogens is 248 g/mol. The van der Waals surface area contributed by atoms with Gasteiger partial charge < -0.3 is 10.3 Å². The second-order valence-electron chi connectivity index (χ2n) is 4.85. The van der Waals surface area contributed by atoms with Gasteiger partial charge in [-0.05, 0) is 29.7 Å². The molecule has 0 radical (unpaired) electrons. The van der Waals surface area contributed by atoms with Crippen molar-refractivity contribution >= 4 is 16.5 Å². The molecule has 100 valence electrons. The van der Waals surface area contributed by atoms with Crippen LogP contribution in [0.2, 0.25) is 0 Å². The lowest BCUT2D eigenvalue weighted by atomic mass is 9.97. The van der Waals surface area contributed by atoms with E-state index < -0.39 is 0 Å². The van der Waals surface area contributed by atoms with Crippen LogP contribution in [0.3, 0.4) is 0 Å². The first-order chi connectivity index (χ1) is 9.75. The number of nitrogens with two attached hydrogens (primary N) is 1. The third-order valence-electron chi connectivity index (χ3n) is 3.41. The third kappa shape index (κ3) is 2.36. The van der Waals surface area contributed by atoms with Crippen LogP contribution in [0.4, 0.5) is 0 Å². The van der Waals surface area contributed by atoms with Crippen molar-refractivity contribution in [1.82, 2.24) is 5.16 Å². The fourth-order valence-corrected chi connectivity index (χ4v) is 2.32. The number of benzene rings is 2. The largest absolute Gasteiger partial charge is 0.356 e. The van der Waals surface area contributed by atoms with E-state index in [4.69, 9.17) is 10.3 Å². The first-order valence-corrected chi connectivity index (χ1v) is 6.59. The molecule has 0 aliphatic rings. The Kier molecular flexibility index (Phi) is 3.35. The van der Waals surface area contributed by atoms with Crippen LogP contribution in [0, 0.1) is 0 Å². The maximum absolute atomic E-state index is 6.23. The highest BCUT2D eigenvalue weighted by molar-refractivity contribution is 5.88. The summed E-state index contributed by atoms with van der Waals surface area (Å²) < 4.78 is 5.31. The van der Waals surface area contributed by atoms with Gasteiger partial charge in [0.05, 0.1) is 0 Å². The second-order valence-corrected chi connectivity index (χ2v) is 4.85. The first kappa shape index (κ1) is 12.6. The highest BCUT2D eigenvalue weighted by Crippen LogP contribution is 2.29. The van der Waals surface area contributed by atoms with Crippen molar-refractivity contribution < 1.29 is 4.52 Å². The minimum atomic E-state index is -0.0841. The van der Waals surface area contributed by atoms with Crippen molar-refractivity contribution in [3.63, 3.8) is 0 Å². The van der Waals surface area contributed by atoms with Gasteiger partial charge in [-0.15, -0.1) is 0 Å². The zero-order valence-electron chi connectivity index (χ0n) is 11.1. The molecule has 2 N–H and O–H groups in total. The van der Waals surface area contributed by atoms with Gasteiger partial charge in [0, 0.05) is 11.4 Å². The molecule has 2 aromatic carbocycles. The first-order valence-electron chi connectivity index (χ1n) is 6.59. The smallest absolute Gasteiger partial charge is 0.167 e. The Balaban J connectivity index is 1.83. The van der Waals surface area contributed by atoms with Gasteiger partial charge in [-0.2, -0.15) is 0 Å². The zero-order chi connectivity index (χ0) is 13.9. The summed E-state index contributed by atoms with van der Waals surface area (Å²) in [6.45, 7) is 4.11. The summed E-state index contributed by atoms with van der Waals surface area (Å²) >= 11 is 0. The van der Waals surface area contributed by atoms with E-state index in [0.29, 0.717) is 6.42 Å². The Hall–Kier alpha value is -2.39. The van der Waals surface area contributed by atoms with Crippen molar-refractivity contribution in [2.45, 2.75) is 12.5 Å². The number of fused-ring (bicyclic) bond motifs is 1. The fraction of sp³-hybridized carbons (Fsp3) is 0.118. The van der Waals surface area contributed by atoms with Crippen LogP contribution in [0.5, 0.6) is 0 Å². The van der Waals surface area contributed by atoms with Crippen molar-refractivity contribution in [1.29, 1.82) is 0 Å². The highest BCUT2D eigenvalue weighted by atomic mass is 16.5. The van der Waals surface area contributed by atoms with Crippen LogP contribution in [0.25, 0.3) is 16.5 Å². The van der Waals surface area contributed by atoms with Crippen molar-refractivity contribution in [3.05, 3.63) is 72.4 Å². The lowest BCUT2D eigenvalue weighted by molar-refractivity contribution is 0.453. The van der Waals surface area contributed by atoms with E-state index in [-0.39, 0.29) is 6.04 Å². The standard InChI is InChI=1S/C17H16N2O/c1-12(11-15(18)13-7-3-2-4-8-13)17-14-9-5-6-10-16(14)20-19-17/h2-10,15H,1,11,18H2. The quantitative estimate of drug-likeness (QED) is 0.776. The number of nitrogens with zero attached hydrogens (tertiary/aromatic N) is 1. The molecule has 0 amide bonds. The SMILES string of the molecule is C=C(CC(N)c1ccccc1)c1noc2ccccc12. The Morgan fingerprint density at radius 1 is 1.10 bits per heavy atom. The van der Waals surface area contributed by atoms with Crippen LogP contribution in [-0.4, -0.2) is 5.16 Å². The molecule has 0 saturated carbocycles. The van der Waals surface area contributed by atoms with E-state index in [0.717, 1.165) is 27.8 Å². The average Bonchev–Trinajstić information content (AvgIpc) is 2.92. The molecule has 1 heterocycles. The van der Waals surface area contributed by atoms with Gasteiger partial charge >= 0.3 is 0 Å². The van der Waals surface area contributed by atoms with Gasteiger partial charge in [0.15, 0.2) is 5.58 Å². The van der Waals surface area contributed by atoms with Crippen molar-refractivity contribution in [3.8, 4) is 0 Å². The molecular formula is C17H16N2O. The predicted molar refractivity (Wildman–Crippen MR) is 81.0 cm³/mol. The highest BCUT2D eigenvalue weighted by Gasteiger charge is 2.14. The average molecular weight is 264 g/mol. The molecule has 0 aliphatic heterocycles. The van der Waals surface area contributed by atoms with E-state index in [1.807, 2.05) is 54.6 Å². The summed E-state index contributed by atoms with van der Waals surface area (Å²) in [6, 6.07) is 17.7. The van der Waals surface area contributed by atoms with Gasteiger partial charge in [-0.25, -0.2) is 0 Å². The maximum atomic E-state index is 6.23. The van der Waals surface area contributed by atoms with Gasteiger partial charge in [0.1, 0.15) is 5.69 Å². The molecule has 3 rings (SSSR count). The number of rotatable bonds is 4. The molecule has 0 bridgehead atoms. The molecule has 0 fully saturated rings. The molecule has 20 heavy (non-hydrogen) atoms. The lowest BCUT2D eigenvalue weighted by Gasteiger charge is -2.12. The normalized spacial score (nSPS) is 12.4. The van der Waals surface area contributed by atoms with E-state index in [9.17, 15) is 0 Å². The van der Waals surface area contributed by atoms with E-state index in [1.165, 1.54) is 0 Å². The molecule has 1 aromatic heterocycles. The van der Waals surface area contributed by atoms with E-state index in [2.05, 4.69) is 11.7 Å². The Labute approximate surface area is 117 Å². The number of hydrogen-bond donors (Lipinski definition) is 1. The summed E-state index contributed by atoms with van der Waals surface area (Å²) in [7, 11) is 0. The van der Waals surface area contributed by atoms with Gasteiger partial charge in [-0.1, -0.05) is 54.2 Å². The minimum absolute atomic E-state index is 0.0841. The topological polar surface area (TPSA) is 52.0 Å². The Morgan fingerprint density at radius 2 is 1.80 bits per heavy atom. The Bertz CT molecular complexity index is 731. The van der Waals surface area contributed by atoms with E-state index in [1.54, 1.807) is 0 Å². The summed E-state index contributed by atoms with van der Waals surface area (Å²) in [5.74, 6) is 0. The van der Waals surface area contributed by atoms with Crippen LogP contribution in [-0.2, 0) is 0 Å². The molecule has 0 spiro atoms. The lowest BCUT2D eigenvalue weighted by Crippen LogP contribution is -2.10. The summed E-state index contributed by atoms with van der Waals surface area (Å²) in [5.41, 5.74) is 9.79. The Morgan fingerprint density at radius 3 is 2.60 bits per heavy atom. The molecule has 1 unspecified atom stereocenters. The van der Waals surface area contributed by atoms with Crippen LogP contribution >= 0.6 is 0 Å². The molecule has 0 aliphatic carbocycles. The molecule has 3 aromatic rings. The fourth-order valence-electron chi connectivity index (χ4n) is 2.32. The summed E-state index contributed by atoms with van der Waals surface area (Å²) in [5, 5.41) is 5.10. The van der Waals surface area contributed by atoms with Gasteiger partial charge in [-0.3, -0.25) is 0 Å². The van der Waals surface area contributed by atoms with Crippen LogP contribution in [0.15, 0.2) is 65.7 Å². The van der Waals surface area contributed by atoms with Gasteiger partial charge in [0.2, 0.25) is 0 Å². The van der Waals surface area contributed by atoms with E-state index >= 15 is 0 Å². The van der Waals surface area contributed by atoms with Crippen molar-refractivity contribution in [2.75, 3.05) is 0 Å². The predicted octanol–water partition coefficient (Wildman–Crippen LogP) is 3.93. The number of para-hydroxylation sites is 1. The van der Waals surface area contributed by atoms with Crippen molar-refractivity contribution in [2.24, 2.45) is 5.73 Å². The summed E-state index contributed by atoms with van der Waals surface area (Å²) in [4.78, 5) is 0. The molecule has 3 heteroatoms. The van der Waals surface area contributed by atoms with Gasteiger partial charge in [0.25, 0.3) is 0 Å².